The average molecular weight is 250 g/mol. The third-order valence-electron chi connectivity index (χ3n) is 1.88. The second kappa shape index (κ2) is 4.15. The summed E-state index contributed by atoms with van der Waals surface area (Å²) in [5.41, 5.74) is 6.29. The first-order chi connectivity index (χ1) is 6.06. The van der Waals surface area contributed by atoms with Gasteiger partial charge in [0, 0.05) is 10.5 Å². The van der Waals surface area contributed by atoms with Crippen LogP contribution in [-0.2, 0) is 0 Å². The summed E-state index contributed by atoms with van der Waals surface area (Å²) in [6, 6.07) is 1.97. The maximum atomic E-state index is 12.8. The molecule has 4 heteroatoms. The molecule has 2 N–H and O–H groups in total. The van der Waals surface area contributed by atoms with Gasteiger partial charge in [0.1, 0.15) is 0 Å². The molecule has 1 aromatic carbocycles. The van der Waals surface area contributed by atoms with E-state index in [9.17, 15) is 8.78 Å². The van der Waals surface area contributed by atoms with E-state index in [0.717, 1.165) is 12.1 Å². The smallest absolute Gasteiger partial charge is 0.159 e. The third-order valence-corrected chi connectivity index (χ3v) is 2.57. The molecule has 13 heavy (non-hydrogen) atoms. The van der Waals surface area contributed by atoms with Crippen molar-refractivity contribution in [3.63, 3.8) is 0 Å². The van der Waals surface area contributed by atoms with Crippen LogP contribution in [0, 0.1) is 11.6 Å². The maximum Gasteiger partial charge on any atom is 0.159 e. The molecule has 0 spiro atoms. The van der Waals surface area contributed by atoms with Crippen LogP contribution in [0.3, 0.4) is 0 Å². The van der Waals surface area contributed by atoms with Crippen LogP contribution in [-0.4, -0.2) is 0 Å². The van der Waals surface area contributed by atoms with Gasteiger partial charge in [0.2, 0.25) is 0 Å². The van der Waals surface area contributed by atoms with Crippen molar-refractivity contribution in [3.05, 3.63) is 33.8 Å². The Labute approximate surface area is 84.1 Å². The molecule has 1 aromatic rings. The summed E-state index contributed by atoms with van der Waals surface area (Å²) in [4.78, 5) is 0. The van der Waals surface area contributed by atoms with Crippen LogP contribution in [0.4, 0.5) is 8.78 Å². The minimum absolute atomic E-state index is 0.260. The van der Waals surface area contributed by atoms with Gasteiger partial charge in [0.15, 0.2) is 11.6 Å². The SMILES string of the molecule is CC[C@@H](N)c1cc(F)c(F)cc1Br. The maximum absolute atomic E-state index is 12.8. The summed E-state index contributed by atoms with van der Waals surface area (Å²) in [6.07, 6.45) is 0.684. The summed E-state index contributed by atoms with van der Waals surface area (Å²) in [6.45, 7) is 1.89. The Morgan fingerprint density at radius 3 is 2.46 bits per heavy atom. The lowest BCUT2D eigenvalue weighted by Gasteiger charge is -2.11. The predicted octanol–water partition coefficient (Wildman–Crippen LogP) is 3.14. The van der Waals surface area contributed by atoms with E-state index >= 15 is 0 Å². The van der Waals surface area contributed by atoms with Crippen LogP contribution < -0.4 is 5.73 Å². The molecule has 0 bridgehead atoms. The molecule has 0 aromatic heterocycles. The van der Waals surface area contributed by atoms with Gasteiger partial charge < -0.3 is 5.73 Å². The molecular formula is C9H10BrF2N. The third kappa shape index (κ3) is 2.25. The van der Waals surface area contributed by atoms with Crippen molar-refractivity contribution in [2.24, 2.45) is 5.73 Å². The molecule has 72 valence electrons. The first-order valence-electron chi connectivity index (χ1n) is 3.96. The van der Waals surface area contributed by atoms with E-state index in [2.05, 4.69) is 15.9 Å². The van der Waals surface area contributed by atoms with Gasteiger partial charge >= 0.3 is 0 Å². The minimum Gasteiger partial charge on any atom is -0.324 e. The van der Waals surface area contributed by atoms with E-state index in [1.165, 1.54) is 0 Å². The standard InChI is InChI=1S/C9H10BrF2N/c1-2-9(13)5-3-7(11)8(12)4-6(5)10/h3-4,9H,2,13H2,1H3/t9-/m1/s1. The van der Waals surface area contributed by atoms with Crippen molar-refractivity contribution in [1.82, 2.24) is 0 Å². The number of hydrogen-bond acceptors (Lipinski definition) is 1. The first kappa shape index (κ1) is 10.6. The highest BCUT2D eigenvalue weighted by Crippen LogP contribution is 2.26. The van der Waals surface area contributed by atoms with Crippen molar-refractivity contribution < 1.29 is 8.78 Å². The normalized spacial score (nSPS) is 13.0. The monoisotopic (exact) mass is 249 g/mol. The average Bonchev–Trinajstić information content (AvgIpc) is 2.10. The Kier molecular flexibility index (Phi) is 3.39. The van der Waals surface area contributed by atoms with Gasteiger partial charge in [-0.25, -0.2) is 8.78 Å². The lowest BCUT2D eigenvalue weighted by atomic mass is 10.1. The van der Waals surface area contributed by atoms with E-state index in [1.54, 1.807) is 0 Å². The van der Waals surface area contributed by atoms with Crippen LogP contribution in [0.15, 0.2) is 16.6 Å². The van der Waals surface area contributed by atoms with Crippen molar-refractivity contribution >= 4 is 15.9 Å². The fourth-order valence-electron chi connectivity index (χ4n) is 1.04. The molecule has 1 atom stereocenters. The molecule has 1 rings (SSSR count). The molecule has 0 fully saturated rings. The second-order valence-corrected chi connectivity index (χ2v) is 3.66. The Hall–Kier alpha value is -0.480. The van der Waals surface area contributed by atoms with E-state index in [4.69, 9.17) is 5.73 Å². The van der Waals surface area contributed by atoms with Crippen molar-refractivity contribution in [1.29, 1.82) is 0 Å². The molecule has 0 aliphatic heterocycles. The Balaban J connectivity index is 3.15. The van der Waals surface area contributed by atoms with Gasteiger partial charge in [-0.05, 0) is 24.1 Å². The quantitative estimate of drug-likeness (QED) is 0.801. The summed E-state index contributed by atoms with van der Waals surface area (Å²) in [5, 5.41) is 0. The van der Waals surface area contributed by atoms with Crippen molar-refractivity contribution in [3.8, 4) is 0 Å². The summed E-state index contributed by atoms with van der Waals surface area (Å²) >= 11 is 3.14. The molecule has 0 radical (unpaired) electrons. The topological polar surface area (TPSA) is 26.0 Å². The molecule has 0 aliphatic rings. The highest BCUT2D eigenvalue weighted by molar-refractivity contribution is 9.10. The Morgan fingerprint density at radius 1 is 1.38 bits per heavy atom. The van der Waals surface area contributed by atoms with Gasteiger partial charge in [-0.15, -0.1) is 0 Å². The Bertz CT molecular complexity index is 315. The first-order valence-corrected chi connectivity index (χ1v) is 4.75. The molecule has 0 heterocycles. The van der Waals surface area contributed by atoms with Crippen LogP contribution >= 0.6 is 15.9 Å². The number of hydrogen-bond donors (Lipinski definition) is 1. The number of rotatable bonds is 2. The van der Waals surface area contributed by atoms with E-state index in [0.29, 0.717) is 16.5 Å². The molecule has 0 aliphatic carbocycles. The summed E-state index contributed by atoms with van der Waals surface area (Å²) in [7, 11) is 0. The van der Waals surface area contributed by atoms with E-state index in [1.807, 2.05) is 6.92 Å². The summed E-state index contributed by atoms with van der Waals surface area (Å²) < 4.78 is 26.0. The fraction of sp³-hybridized carbons (Fsp3) is 0.333. The Morgan fingerprint density at radius 2 is 1.92 bits per heavy atom. The van der Waals surface area contributed by atoms with Gasteiger partial charge in [0.25, 0.3) is 0 Å². The number of nitrogens with two attached hydrogens (primary N) is 1. The van der Waals surface area contributed by atoms with E-state index in [-0.39, 0.29) is 6.04 Å². The van der Waals surface area contributed by atoms with Crippen LogP contribution in [0.25, 0.3) is 0 Å². The largest absolute Gasteiger partial charge is 0.324 e. The van der Waals surface area contributed by atoms with Gasteiger partial charge in [-0.1, -0.05) is 22.9 Å². The lowest BCUT2D eigenvalue weighted by molar-refractivity contribution is 0.503. The van der Waals surface area contributed by atoms with Crippen molar-refractivity contribution in [2.45, 2.75) is 19.4 Å². The fourth-order valence-corrected chi connectivity index (χ4v) is 1.65. The minimum atomic E-state index is -0.862. The molecule has 0 saturated carbocycles. The highest BCUT2D eigenvalue weighted by Gasteiger charge is 2.12. The van der Waals surface area contributed by atoms with Gasteiger partial charge in [-0.2, -0.15) is 0 Å². The second-order valence-electron chi connectivity index (χ2n) is 2.80. The van der Waals surface area contributed by atoms with E-state index < -0.39 is 11.6 Å². The molecule has 0 unspecified atom stereocenters. The molecule has 0 amide bonds. The zero-order valence-electron chi connectivity index (χ0n) is 7.15. The highest BCUT2D eigenvalue weighted by atomic mass is 79.9. The van der Waals surface area contributed by atoms with Gasteiger partial charge in [-0.3, -0.25) is 0 Å². The molecule has 1 nitrogen and oxygen atoms in total. The molecule has 0 saturated heterocycles. The number of benzene rings is 1. The zero-order valence-corrected chi connectivity index (χ0v) is 8.74. The van der Waals surface area contributed by atoms with Crippen LogP contribution in [0.2, 0.25) is 0 Å². The summed E-state index contributed by atoms with van der Waals surface area (Å²) in [5.74, 6) is -1.72. The lowest BCUT2D eigenvalue weighted by Crippen LogP contribution is -2.10. The zero-order chi connectivity index (χ0) is 10.0. The predicted molar refractivity (Wildman–Crippen MR) is 51.3 cm³/mol. The van der Waals surface area contributed by atoms with Gasteiger partial charge in [0.05, 0.1) is 0 Å². The number of halogens is 3. The van der Waals surface area contributed by atoms with Crippen molar-refractivity contribution in [2.75, 3.05) is 0 Å². The molecular weight excluding hydrogens is 240 g/mol. The van der Waals surface area contributed by atoms with Crippen LogP contribution in [0.1, 0.15) is 24.9 Å². The van der Waals surface area contributed by atoms with Crippen LogP contribution in [0.5, 0.6) is 0 Å².